The number of quaternary nitrogens is 1. The van der Waals surface area contributed by atoms with Gasteiger partial charge in [0.05, 0.1) is 12.5 Å². The van der Waals surface area contributed by atoms with E-state index in [9.17, 15) is 29.7 Å². The van der Waals surface area contributed by atoms with Crippen LogP contribution in [0.25, 0.3) is 0 Å². The largest absolute Gasteiger partial charge is 0.544 e. The summed E-state index contributed by atoms with van der Waals surface area (Å²) in [5, 5.41) is 30.9. The van der Waals surface area contributed by atoms with Gasteiger partial charge in [0.2, 0.25) is 0 Å². The second-order valence-electron chi connectivity index (χ2n) is 10.4. The van der Waals surface area contributed by atoms with Gasteiger partial charge in [0.1, 0.15) is 6.04 Å². The van der Waals surface area contributed by atoms with Crippen molar-refractivity contribution in [3.63, 3.8) is 0 Å². The number of hydrogen-bond donors (Lipinski definition) is 2. The van der Waals surface area contributed by atoms with E-state index in [0.29, 0.717) is 6.42 Å². The Morgan fingerprint density at radius 2 is 1.00 bits per heavy atom. The fourth-order valence-electron chi connectivity index (χ4n) is 5.18. The maximum Gasteiger partial charge on any atom is 0.362 e. The molecule has 2 N–H and O–H groups in total. The zero-order valence-corrected chi connectivity index (χ0v) is 23.4. The average molecular weight is 512 g/mol. The first kappa shape index (κ1) is 34.1. The molecule has 0 bridgehead atoms. The van der Waals surface area contributed by atoms with E-state index in [1.807, 2.05) is 0 Å². The van der Waals surface area contributed by atoms with Gasteiger partial charge >= 0.3 is 11.9 Å². The number of carbonyl (C=O) groups excluding carboxylic acids is 1. The maximum absolute atomic E-state index is 11.8. The highest BCUT2D eigenvalue weighted by atomic mass is 16.4. The van der Waals surface area contributed by atoms with E-state index >= 15 is 0 Å². The fourth-order valence-corrected chi connectivity index (χ4v) is 5.18. The summed E-state index contributed by atoms with van der Waals surface area (Å²) in [6.45, 7) is 6.56. The highest BCUT2D eigenvalue weighted by molar-refractivity contribution is 5.76. The van der Waals surface area contributed by atoms with Crippen LogP contribution in [-0.2, 0) is 14.4 Å². The minimum atomic E-state index is -1.43. The van der Waals surface area contributed by atoms with Gasteiger partial charge in [-0.25, -0.2) is 9.59 Å². The SMILES string of the molecule is CCCCCCCCCCC/C=C\CCCCCCC[N+](C(C)C(=O)[O-])(C(C)C(=O)O)C(C)C(=O)O. The Labute approximate surface area is 219 Å². The number of unbranched alkanes of at least 4 members (excludes halogenated alkanes) is 14. The minimum Gasteiger partial charge on any atom is -0.544 e. The van der Waals surface area contributed by atoms with E-state index in [-0.39, 0.29) is 6.54 Å². The van der Waals surface area contributed by atoms with Gasteiger partial charge in [0.15, 0.2) is 12.1 Å². The van der Waals surface area contributed by atoms with Crippen molar-refractivity contribution in [2.45, 2.75) is 149 Å². The Morgan fingerprint density at radius 3 is 1.36 bits per heavy atom. The van der Waals surface area contributed by atoms with Gasteiger partial charge in [0, 0.05) is 0 Å². The monoisotopic (exact) mass is 511 g/mol. The number of carboxylic acid groups (broad SMARTS) is 3. The molecule has 0 spiro atoms. The summed E-state index contributed by atoms with van der Waals surface area (Å²) in [5.74, 6) is -3.83. The molecule has 0 aliphatic heterocycles. The van der Waals surface area contributed by atoms with E-state index in [2.05, 4.69) is 19.1 Å². The Balaban J connectivity index is 4.25. The Hall–Kier alpha value is -1.89. The molecule has 0 fully saturated rings. The van der Waals surface area contributed by atoms with Crippen LogP contribution in [0.5, 0.6) is 0 Å². The van der Waals surface area contributed by atoms with Gasteiger partial charge in [0.25, 0.3) is 0 Å². The molecule has 7 nitrogen and oxygen atoms in total. The molecular weight excluding hydrogens is 458 g/mol. The van der Waals surface area contributed by atoms with E-state index in [0.717, 1.165) is 38.5 Å². The number of hydrogen-bond acceptors (Lipinski definition) is 4. The Kier molecular flexibility index (Phi) is 19.1. The highest BCUT2D eigenvalue weighted by Gasteiger charge is 2.50. The number of carbonyl (C=O) groups is 3. The van der Waals surface area contributed by atoms with Crippen molar-refractivity contribution in [2.75, 3.05) is 6.54 Å². The summed E-state index contributed by atoms with van der Waals surface area (Å²) in [7, 11) is 0. The van der Waals surface area contributed by atoms with E-state index in [1.165, 1.54) is 78.6 Å². The molecule has 0 aromatic carbocycles. The van der Waals surface area contributed by atoms with E-state index < -0.39 is 40.5 Å². The molecule has 0 amide bonds. The quantitative estimate of drug-likeness (QED) is 0.0975. The van der Waals surface area contributed by atoms with Crippen molar-refractivity contribution < 1.29 is 34.2 Å². The van der Waals surface area contributed by atoms with Gasteiger partial charge in [-0.05, 0) is 59.3 Å². The molecule has 0 radical (unpaired) electrons. The standard InChI is InChI=1S/C29H53NO6/c1-5-6-7-8-9-10-11-12-13-14-15-16-17-18-19-20-21-22-23-30(24(2)27(31)32,25(3)28(33)34)26(4)29(35)36/h15-16,24-26H,5-14,17-23H2,1-4H3,(H2-,31,32,33,34,35,36)/b16-15-. The molecule has 0 heterocycles. The van der Waals surface area contributed by atoms with Gasteiger partial charge in [-0.3, -0.25) is 4.48 Å². The van der Waals surface area contributed by atoms with E-state index in [1.54, 1.807) is 0 Å². The van der Waals surface area contributed by atoms with Crippen molar-refractivity contribution in [3.05, 3.63) is 12.2 Å². The highest BCUT2D eigenvalue weighted by Crippen LogP contribution is 2.27. The molecular formula is C29H53NO6. The van der Waals surface area contributed by atoms with Gasteiger partial charge < -0.3 is 20.1 Å². The number of allylic oxidation sites excluding steroid dienone is 2. The number of nitrogens with zero attached hydrogens (tertiary/aromatic N) is 1. The Morgan fingerprint density at radius 1 is 0.639 bits per heavy atom. The van der Waals surface area contributed by atoms with Crippen LogP contribution in [-0.4, -0.2) is 57.3 Å². The molecule has 0 rings (SSSR count). The lowest BCUT2D eigenvalue weighted by atomic mass is 10.00. The van der Waals surface area contributed by atoms with Gasteiger partial charge in [-0.1, -0.05) is 83.3 Å². The van der Waals surface area contributed by atoms with Crippen LogP contribution >= 0.6 is 0 Å². The zero-order chi connectivity index (χ0) is 27.4. The average Bonchev–Trinajstić information content (AvgIpc) is 2.84. The molecule has 0 aliphatic rings. The van der Waals surface area contributed by atoms with E-state index in [4.69, 9.17) is 0 Å². The van der Waals surface area contributed by atoms with Crippen LogP contribution < -0.4 is 5.11 Å². The van der Waals surface area contributed by atoms with Crippen LogP contribution in [0.1, 0.15) is 130 Å². The summed E-state index contributed by atoms with van der Waals surface area (Å²) in [4.78, 5) is 35.2. The van der Waals surface area contributed by atoms with Gasteiger partial charge in [-0.15, -0.1) is 0 Å². The minimum absolute atomic E-state index is 0.175. The predicted molar refractivity (Wildman–Crippen MR) is 142 cm³/mol. The zero-order valence-electron chi connectivity index (χ0n) is 23.4. The Bertz CT molecular complexity index is 597. The van der Waals surface area contributed by atoms with Crippen LogP contribution in [0.4, 0.5) is 0 Å². The summed E-state index contributed by atoms with van der Waals surface area (Å²) in [6, 6.07) is -3.57. The van der Waals surface area contributed by atoms with Crippen LogP contribution in [0.2, 0.25) is 0 Å². The molecule has 36 heavy (non-hydrogen) atoms. The maximum atomic E-state index is 11.8. The number of rotatable bonds is 24. The first-order valence-corrected chi connectivity index (χ1v) is 14.3. The molecule has 0 aromatic rings. The van der Waals surface area contributed by atoms with Crippen LogP contribution in [0, 0.1) is 0 Å². The summed E-state index contributed by atoms with van der Waals surface area (Å²) in [6.07, 6.45) is 23.3. The predicted octanol–water partition coefficient (Wildman–Crippen LogP) is 5.71. The third-order valence-corrected chi connectivity index (χ3v) is 7.78. The first-order chi connectivity index (χ1) is 17.1. The second kappa shape index (κ2) is 20.2. The van der Waals surface area contributed by atoms with Crippen LogP contribution in [0.15, 0.2) is 12.2 Å². The third-order valence-electron chi connectivity index (χ3n) is 7.78. The lowest BCUT2D eigenvalue weighted by molar-refractivity contribution is -0.969. The molecule has 0 saturated carbocycles. The topological polar surface area (TPSA) is 115 Å². The van der Waals surface area contributed by atoms with Crippen molar-refractivity contribution in [1.82, 2.24) is 0 Å². The molecule has 3 unspecified atom stereocenters. The summed E-state index contributed by atoms with van der Waals surface area (Å²) < 4.78 is -0.547. The summed E-state index contributed by atoms with van der Waals surface area (Å²) >= 11 is 0. The van der Waals surface area contributed by atoms with Crippen molar-refractivity contribution in [3.8, 4) is 0 Å². The van der Waals surface area contributed by atoms with Crippen molar-refractivity contribution >= 4 is 17.9 Å². The molecule has 210 valence electrons. The molecule has 3 atom stereocenters. The second-order valence-corrected chi connectivity index (χ2v) is 10.4. The molecule has 7 heteroatoms. The van der Waals surface area contributed by atoms with Crippen molar-refractivity contribution in [1.29, 1.82) is 0 Å². The molecule has 0 aliphatic carbocycles. The lowest BCUT2D eigenvalue weighted by Crippen LogP contribution is -2.72. The van der Waals surface area contributed by atoms with Crippen molar-refractivity contribution in [2.24, 2.45) is 0 Å². The van der Waals surface area contributed by atoms with Crippen LogP contribution in [0.3, 0.4) is 0 Å². The smallest absolute Gasteiger partial charge is 0.362 e. The van der Waals surface area contributed by atoms with Gasteiger partial charge in [-0.2, -0.15) is 0 Å². The lowest BCUT2D eigenvalue weighted by Gasteiger charge is -2.49. The number of aliphatic carboxylic acids is 3. The summed E-state index contributed by atoms with van der Waals surface area (Å²) in [5.41, 5.74) is 0. The molecule has 0 saturated heterocycles. The fraction of sp³-hybridized carbons (Fsp3) is 0.828. The normalized spacial score (nSPS) is 15.9. The first-order valence-electron chi connectivity index (χ1n) is 14.3. The third kappa shape index (κ3) is 12.9. The molecule has 0 aromatic heterocycles. The number of carboxylic acids is 3.